The molecule has 0 bridgehead atoms. The lowest BCUT2D eigenvalue weighted by Gasteiger charge is -2.06. The van der Waals surface area contributed by atoms with Crippen LogP contribution in [0.4, 0.5) is 0 Å². The van der Waals surface area contributed by atoms with Crippen LogP contribution in [0.3, 0.4) is 0 Å². The highest BCUT2D eigenvalue weighted by Crippen LogP contribution is 2.37. The molecule has 1 fully saturated rings. The third-order valence-electron chi connectivity index (χ3n) is 2.37. The molecular formula is C10H13NO2. The fourth-order valence-electron chi connectivity index (χ4n) is 1.29. The summed E-state index contributed by atoms with van der Waals surface area (Å²) in [6.07, 6.45) is 4.15. The first-order chi connectivity index (χ1) is 6.22. The van der Waals surface area contributed by atoms with E-state index >= 15 is 0 Å². The molecule has 70 valence electrons. The fraction of sp³-hybridized carbons (Fsp3) is 0.500. The maximum atomic E-state index is 9.64. The molecule has 1 saturated carbocycles. The van der Waals surface area contributed by atoms with Crippen molar-refractivity contribution in [2.24, 2.45) is 0 Å². The molecule has 3 nitrogen and oxygen atoms in total. The first-order valence-corrected chi connectivity index (χ1v) is 4.43. The molecule has 1 N–H and O–H groups in total. The third kappa shape index (κ3) is 1.98. The van der Waals surface area contributed by atoms with Gasteiger partial charge >= 0.3 is 0 Å². The minimum absolute atomic E-state index is 0.457. The van der Waals surface area contributed by atoms with Gasteiger partial charge in [-0.15, -0.1) is 0 Å². The minimum Gasteiger partial charge on any atom is -0.495 e. The molecule has 3 heteroatoms. The first kappa shape index (κ1) is 8.51. The van der Waals surface area contributed by atoms with Crippen molar-refractivity contribution >= 4 is 0 Å². The van der Waals surface area contributed by atoms with Crippen LogP contribution in [0.2, 0.25) is 0 Å². The number of aromatic nitrogens is 1. The van der Waals surface area contributed by atoms with Crippen molar-refractivity contribution in [3.63, 3.8) is 0 Å². The highest BCUT2D eigenvalue weighted by atomic mass is 16.5. The van der Waals surface area contributed by atoms with Gasteiger partial charge in [0.15, 0.2) is 0 Å². The van der Waals surface area contributed by atoms with E-state index in [4.69, 9.17) is 4.74 Å². The second kappa shape index (κ2) is 3.00. The van der Waals surface area contributed by atoms with E-state index in [1.54, 1.807) is 13.3 Å². The van der Waals surface area contributed by atoms with Crippen molar-refractivity contribution in [3.8, 4) is 5.75 Å². The van der Waals surface area contributed by atoms with Crippen molar-refractivity contribution in [2.75, 3.05) is 7.11 Å². The van der Waals surface area contributed by atoms with Gasteiger partial charge in [0.2, 0.25) is 0 Å². The average Bonchev–Trinajstić information content (AvgIpc) is 2.85. The zero-order valence-corrected chi connectivity index (χ0v) is 7.66. The maximum absolute atomic E-state index is 9.64. The molecule has 13 heavy (non-hydrogen) atoms. The maximum Gasteiger partial charge on any atom is 0.137 e. The number of rotatable bonds is 3. The molecule has 0 spiro atoms. The zero-order valence-electron chi connectivity index (χ0n) is 7.66. The molecular weight excluding hydrogens is 166 g/mol. The van der Waals surface area contributed by atoms with Crippen LogP contribution in [0.25, 0.3) is 0 Å². The second-order valence-corrected chi connectivity index (χ2v) is 3.59. The van der Waals surface area contributed by atoms with Crippen LogP contribution < -0.4 is 4.74 Å². The van der Waals surface area contributed by atoms with Gasteiger partial charge in [0.05, 0.1) is 18.9 Å². The Hall–Kier alpha value is -1.09. The summed E-state index contributed by atoms with van der Waals surface area (Å²) in [4.78, 5) is 4.19. The van der Waals surface area contributed by atoms with Gasteiger partial charge in [-0.1, -0.05) is 0 Å². The van der Waals surface area contributed by atoms with E-state index in [9.17, 15) is 5.11 Å². The Morgan fingerprint density at radius 3 is 2.77 bits per heavy atom. The van der Waals surface area contributed by atoms with Crippen molar-refractivity contribution in [2.45, 2.75) is 24.9 Å². The molecule has 0 amide bonds. The molecule has 2 rings (SSSR count). The van der Waals surface area contributed by atoms with Crippen molar-refractivity contribution in [1.82, 2.24) is 4.98 Å². The summed E-state index contributed by atoms with van der Waals surface area (Å²) in [5.74, 6) is 0.756. The summed E-state index contributed by atoms with van der Waals surface area (Å²) < 4.78 is 4.99. The molecule has 0 aliphatic heterocycles. The number of hydrogen-bond donors (Lipinski definition) is 1. The number of aliphatic hydroxyl groups is 1. The van der Waals surface area contributed by atoms with Crippen LogP contribution in [-0.4, -0.2) is 22.8 Å². The highest BCUT2D eigenvalue weighted by molar-refractivity contribution is 5.21. The summed E-state index contributed by atoms with van der Waals surface area (Å²) in [5.41, 5.74) is 0.475. The SMILES string of the molecule is COc1ccc(CC2(O)CC2)nc1. The van der Waals surface area contributed by atoms with Gasteiger partial charge in [-0.2, -0.15) is 0 Å². The minimum atomic E-state index is -0.457. The average molecular weight is 179 g/mol. The van der Waals surface area contributed by atoms with Gasteiger partial charge in [0, 0.05) is 12.1 Å². The Kier molecular flexibility index (Phi) is 1.96. The van der Waals surface area contributed by atoms with E-state index < -0.39 is 5.60 Å². The normalized spacial score (nSPS) is 18.3. The number of nitrogens with zero attached hydrogens (tertiary/aromatic N) is 1. The molecule has 1 aliphatic carbocycles. The highest BCUT2D eigenvalue weighted by Gasteiger charge is 2.40. The largest absolute Gasteiger partial charge is 0.495 e. The molecule has 0 atom stereocenters. The molecule has 0 unspecified atom stereocenters. The van der Waals surface area contributed by atoms with Gasteiger partial charge in [0.1, 0.15) is 5.75 Å². The van der Waals surface area contributed by atoms with Crippen LogP contribution in [0.1, 0.15) is 18.5 Å². The van der Waals surface area contributed by atoms with E-state index in [2.05, 4.69) is 4.98 Å². The summed E-state index contributed by atoms with van der Waals surface area (Å²) in [6.45, 7) is 0. The van der Waals surface area contributed by atoms with Crippen LogP contribution in [0.15, 0.2) is 18.3 Å². The van der Waals surface area contributed by atoms with E-state index in [0.717, 1.165) is 24.3 Å². The Morgan fingerprint density at radius 1 is 1.54 bits per heavy atom. The van der Waals surface area contributed by atoms with Crippen LogP contribution in [-0.2, 0) is 6.42 Å². The van der Waals surface area contributed by atoms with E-state index in [-0.39, 0.29) is 0 Å². The van der Waals surface area contributed by atoms with Crippen molar-refractivity contribution < 1.29 is 9.84 Å². The first-order valence-electron chi connectivity index (χ1n) is 4.43. The Morgan fingerprint density at radius 2 is 2.31 bits per heavy atom. The second-order valence-electron chi connectivity index (χ2n) is 3.59. The van der Waals surface area contributed by atoms with Crippen molar-refractivity contribution in [1.29, 1.82) is 0 Å². The monoisotopic (exact) mass is 179 g/mol. The number of hydrogen-bond acceptors (Lipinski definition) is 3. The lowest BCUT2D eigenvalue weighted by molar-refractivity contribution is 0.149. The van der Waals surface area contributed by atoms with Crippen LogP contribution >= 0.6 is 0 Å². The fourth-order valence-corrected chi connectivity index (χ4v) is 1.29. The number of pyridine rings is 1. The molecule has 0 radical (unpaired) electrons. The molecule has 1 aromatic rings. The Labute approximate surface area is 77.4 Å². The molecule has 1 aromatic heterocycles. The van der Waals surface area contributed by atoms with Gasteiger partial charge < -0.3 is 9.84 Å². The molecule has 1 aliphatic rings. The summed E-state index contributed by atoms with van der Waals surface area (Å²) in [6, 6.07) is 3.77. The summed E-state index contributed by atoms with van der Waals surface area (Å²) in [7, 11) is 1.62. The summed E-state index contributed by atoms with van der Waals surface area (Å²) in [5, 5.41) is 9.64. The van der Waals surface area contributed by atoms with E-state index in [1.165, 1.54) is 0 Å². The zero-order chi connectivity index (χ0) is 9.31. The Bertz CT molecular complexity index is 290. The van der Waals surface area contributed by atoms with Gasteiger partial charge in [-0.05, 0) is 25.0 Å². The number of methoxy groups -OCH3 is 1. The predicted octanol–water partition coefficient (Wildman–Crippen LogP) is 1.16. The Balaban J connectivity index is 2.05. The van der Waals surface area contributed by atoms with Gasteiger partial charge in [-0.3, -0.25) is 4.98 Å². The quantitative estimate of drug-likeness (QED) is 0.757. The standard InChI is InChI=1S/C10H13NO2/c1-13-9-3-2-8(11-7-9)6-10(12)4-5-10/h2-3,7,12H,4-6H2,1H3. The molecule has 0 saturated heterocycles. The van der Waals surface area contributed by atoms with Crippen LogP contribution in [0, 0.1) is 0 Å². The number of ether oxygens (including phenoxy) is 1. The van der Waals surface area contributed by atoms with E-state index in [0.29, 0.717) is 6.42 Å². The van der Waals surface area contributed by atoms with E-state index in [1.807, 2.05) is 12.1 Å². The smallest absolute Gasteiger partial charge is 0.137 e. The van der Waals surface area contributed by atoms with Gasteiger partial charge in [0.25, 0.3) is 0 Å². The lowest BCUT2D eigenvalue weighted by Crippen LogP contribution is -2.11. The van der Waals surface area contributed by atoms with Crippen molar-refractivity contribution in [3.05, 3.63) is 24.0 Å². The lowest BCUT2D eigenvalue weighted by atomic mass is 10.1. The third-order valence-corrected chi connectivity index (χ3v) is 2.37. The molecule has 1 heterocycles. The van der Waals surface area contributed by atoms with Gasteiger partial charge in [-0.25, -0.2) is 0 Å². The summed E-state index contributed by atoms with van der Waals surface area (Å²) >= 11 is 0. The molecule has 0 aromatic carbocycles. The predicted molar refractivity (Wildman–Crippen MR) is 48.7 cm³/mol. The topological polar surface area (TPSA) is 42.4 Å². The van der Waals surface area contributed by atoms with Crippen LogP contribution in [0.5, 0.6) is 5.75 Å².